The van der Waals surface area contributed by atoms with E-state index in [9.17, 15) is 4.79 Å². The molecule has 7 heteroatoms. The molecule has 3 aromatic rings. The van der Waals surface area contributed by atoms with Crippen LogP contribution in [0.1, 0.15) is 29.1 Å². The number of ether oxygens (including phenoxy) is 1. The summed E-state index contributed by atoms with van der Waals surface area (Å²) in [5, 5.41) is 3.12. The number of nitrogens with one attached hydrogen (secondary N) is 1. The van der Waals surface area contributed by atoms with Crippen LogP contribution >= 0.6 is 0 Å². The summed E-state index contributed by atoms with van der Waals surface area (Å²) in [6.45, 7) is 3.40. The van der Waals surface area contributed by atoms with Gasteiger partial charge in [0.2, 0.25) is 0 Å². The van der Waals surface area contributed by atoms with E-state index in [1.165, 1.54) is 0 Å². The molecule has 3 fully saturated rings. The molecule has 3 aliphatic rings. The number of fused-ring (bicyclic) bond motifs is 2. The Hall–Kier alpha value is -2.64. The van der Waals surface area contributed by atoms with Crippen molar-refractivity contribution in [3.05, 3.63) is 60.4 Å². The van der Waals surface area contributed by atoms with Gasteiger partial charge in [0.05, 0.1) is 24.5 Å². The molecular formula is C22H24N4O3. The minimum absolute atomic E-state index is 0.0459. The van der Waals surface area contributed by atoms with Gasteiger partial charge in [0.25, 0.3) is 5.91 Å². The molecular weight excluding hydrogens is 368 g/mol. The van der Waals surface area contributed by atoms with Gasteiger partial charge in [-0.3, -0.25) is 9.69 Å². The Balaban J connectivity index is 1.14. The van der Waals surface area contributed by atoms with Gasteiger partial charge in [0.15, 0.2) is 0 Å². The highest BCUT2D eigenvalue weighted by molar-refractivity contribution is 5.92. The number of carbonyl (C=O) groups excluding carboxylic acids is 1. The Morgan fingerprint density at radius 1 is 1.31 bits per heavy atom. The number of pyridine rings is 1. The molecule has 2 bridgehead atoms. The summed E-state index contributed by atoms with van der Waals surface area (Å²) in [4.78, 5) is 19.6. The van der Waals surface area contributed by atoms with Gasteiger partial charge in [-0.2, -0.15) is 0 Å². The zero-order chi connectivity index (χ0) is 19.4. The highest BCUT2D eigenvalue weighted by Gasteiger charge is 2.62. The standard InChI is InChI=1S/C22H24N4O3/c27-21(18-13-26-8-2-1-5-20(26)24-18)23-10-16-17-12-25(11-15-4-3-9-28-15)14-22(17)7-6-19(16)29-22/h1-5,8-9,13,16-17,19H,6-7,10-12,14H2,(H,23,27)/t16-,17+,19+,22+/m0/s1. The molecule has 6 rings (SSSR count). The van der Waals surface area contributed by atoms with E-state index in [0.717, 1.165) is 43.9 Å². The van der Waals surface area contributed by atoms with Gasteiger partial charge in [0, 0.05) is 43.9 Å². The summed E-state index contributed by atoms with van der Waals surface area (Å²) in [5.41, 5.74) is 1.19. The molecule has 0 aromatic carbocycles. The van der Waals surface area contributed by atoms with Crippen LogP contribution in [0.4, 0.5) is 0 Å². The predicted octanol–water partition coefficient (Wildman–Crippen LogP) is 2.34. The van der Waals surface area contributed by atoms with Gasteiger partial charge in [-0.05, 0) is 37.1 Å². The first-order chi connectivity index (χ1) is 14.2. The number of hydrogen-bond donors (Lipinski definition) is 1. The van der Waals surface area contributed by atoms with Crippen molar-refractivity contribution >= 4 is 11.6 Å². The Morgan fingerprint density at radius 2 is 2.28 bits per heavy atom. The third-order valence-electron chi connectivity index (χ3n) is 6.91. The van der Waals surface area contributed by atoms with Crippen molar-refractivity contribution in [2.24, 2.45) is 11.8 Å². The molecule has 1 spiro atoms. The van der Waals surface area contributed by atoms with Crippen LogP contribution in [-0.4, -0.2) is 51.5 Å². The monoisotopic (exact) mass is 392 g/mol. The van der Waals surface area contributed by atoms with Gasteiger partial charge < -0.3 is 18.9 Å². The molecule has 0 unspecified atom stereocenters. The number of imidazole rings is 1. The van der Waals surface area contributed by atoms with Crippen LogP contribution in [0, 0.1) is 11.8 Å². The van der Waals surface area contributed by atoms with Crippen LogP contribution in [0.3, 0.4) is 0 Å². The lowest BCUT2D eigenvalue weighted by Crippen LogP contribution is -2.42. The summed E-state index contributed by atoms with van der Waals surface area (Å²) in [5.74, 6) is 1.69. The quantitative estimate of drug-likeness (QED) is 0.722. The SMILES string of the molecule is O=C(NC[C@H]1[C@H]2CN(Cc3ccco3)C[C@]23CC[C@H]1O3)c1cn2ccccc2n1. The van der Waals surface area contributed by atoms with Gasteiger partial charge in [0.1, 0.15) is 17.1 Å². The summed E-state index contributed by atoms with van der Waals surface area (Å²) in [7, 11) is 0. The topological polar surface area (TPSA) is 72.0 Å². The third-order valence-corrected chi connectivity index (χ3v) is 6.91. The summed E-state index contributed by atoms with van der Waals surface area (Å²) in [6, 6.07) is 9.71. The Bertz CT molecular complexity index is 1010. The van der Waals surface area contributed by atoms with Gasteiger partial charge >= 0.3 is 0 Å². The Kier molecular flexibility index (Phi) is 3.82. The predicted molar refractivity (Wildman–Crippen MR) is 105 cm³/mol. The third kappa shape index (κ3) is 2.80. The molecule has 150 valence electrons. The largest absolute Gasteiger partial charge is 0.468 e. The smallest absolute Gasteiger partial charge is 0.271 e. The lowest BCUT2D eigenvalue weighted by Gasteiger charge is -2.29. The highest BCUT2D eigenvalue weighted by Crippen LogP contribution is 2.54. The number of aromatic nitrogens is 2. The van der Waals surface area contributed by atoms with Crippen molar-refractivity contribution in [3.8, 4) is 0 Å². The fraction of sp³-hybridized carbons (Fsp3) is 0.455. The molecule has 3 aliphatic heterocycles. The van der Waals surface area contributed by atoms with Crippen molar-refractivity contribution in [3.63, 3.8) is 0 Å². The van der Waals surface area contributed by atoms with Crippen LogP contribution in [0.2, 0.25) is 0 Å². The molecule has 1 N–H and O–H groups in total. The first kappa shape index (κ1) is 17.2. The lowest BCUT2D eigenvalue weighted by molar-refractivity contribution is 0.00167. The van der Waals surface area contributed by atoms with Crippen LogP contribution in [0.15, 0.2) is 53.4 Å². The normalized spacial score (nSPS) is 30.8. The number of furan rings is 1. The average molecular weight is 392 g/mol. The van der Waals surface area contributed by atoms with Gasteiger partial charge in [-0.1, -0.05) is 6.07 Å². The average Bonchev–Trinajstić information content (AvgIpc) is 3.51. The molecule has 0 saturated carbocycles. The molecule has 1 amide bonds. The number of nitrogens with zero attached hydrogens (tertiary/aromatic N) is 3. The first-order valence-electron chi connectivity index (χ1n) is 10.3. The molecule has 7 nitrogen and oxygen atoms in total. The van der Waals surface area contributed by atoms with Crippen molar-refractivity contribution in [2.75, 3.05) is 19.6 Å². The van der Waals surface area contributed by atoms with E-state index in [0.29, 0.717) is 24.1 Å². The summed E-state index contributed by atoms with van der Waals surface area (Å²) < 4.78 is 13.9. The maximum Gasteiger partial charge on any atom is 0.271 e. The lowest BCUT2D eigenvalue weighted by atomic mass is 9.73. The van der Waals surface area contributed by atoms with Crippen molar-refractivity contribution in [2.45, 2.75) is 31.1 Å². The molecule has 6 heterocycles. The van der Waals surface area contributed by atoms with Gasteiger partial charge in [-0.15, -0.1) is 0 Å². The minimum atomic E-state index is -0.115. The van der Waals surface area contributed by atoms with E-state index in [-0.39, 0.29) is 17.6 Å². The van der Waals surface area contributed by atoms with E-state index in [1.807, 2.05) is 40.9 Å². The highest BCUT2D eigenvalue weighted by atomic mass is 16.5. The second kappa shape index (κ2) is 6.43. The maximum atomic E-state index is 12.7. The molecule has 4 atom stereocenters. The number of rotatable bonds is 5. The fourth-order valence-corrected chi connectivity index (χ4v) is 5.65. The maximum absolute atomic E-state index is 12.7. The Labute approximate surface area is 168 Å². The van der Waals surface area contributed by atoms with E-state index in [2.05, 4.69) is 15.2 Å². The minimum Gasteiger partial charge on any atom is -0.468 e. The van der Waals surface area contributed by atoms with E-state index >= 15 is 0 Å². The van der Waals surface area contributed by atoms with Crippen molar-refractivity contribution in [1.82, 2.24) is 19.6 Å². The number of hydrogen-bond acceptors (Lipinski definition) is 5. The molecule has 3 aromatic heterocycles. The zero-order valence-corrected chi connectivity index (χ0v) is 16.2. The molecule has 3 saturated heterocycles. The van der Waals surface area contributed by atoms with Crippen LogP contribution in [0.25, 0.3) is 5.65 Å². The second-order valence-electron chi connectivity index (χ2n) is 8.58. The number of likely N-dealkylation sites (tertiary alicyclic amines) is 1. The van der Waals surface area contributed by atoms with Crippen molar-refractivity contribution in [1.29, 1.82) is 0 Å². The van der Waals surface area contributed by atoms with Crippen LogP contribution in [0.5, 0.6) is 0 Å². The second-order valence-corrected chi connectivity index (χ2v) is 8.58. The summed E-state index contributed by atoms with van der Waals surface area (Å²) in [6.07, 6.45) is 7.87. The van der Waals surface area contributed by atoms with Gasteiger partial charge in [-0.25, -0.2) is 4.98 Å². The van der Waals surface area contributed by atoms with E-state index in [4.69, 9.17) is 9.15 Å². The van der Waals surface area contributed by atoms with Crippen LogP contribution < -0.4 is 5.32 Å². The fourth-order valence-electron chi connectivity index (χ4n) is 5.65. The number of amides is 1. The Morgan fingerprint density at radius 3 is 3.14 bits per heavy atom. The van der Waals surface area contributed by atoms with E-state index in [1.54, 1.807) is 12.5 Å². The molecule has 29 heavy (non-hydrogen) atoms. The molecule has 0 radical (unpaired) electrons. The summed E-state index contributed by atoms with van der Waals surface area (Å²) >= 11 is 0. The number of carbonyl (C=O) groups is 1. The van der Waals surface area contributed by atoms with Crippen molar-refractivity contribution < 1.29 is 13.9 Å². The van der Waals surface area contributed by atoms with Crippen LogP contribution in [-0.2, 0) is 11.3 Å². The zero-order valence-electron chi connectivity index (χ0n) is 16.2. The van der Waals surface area contributed by atoms with E-state index < -0.39 is 0 Å². The first-order valence-corrected chi connectivity index (χ1v) is 10.3. The molecule has 0 aliphatic carbocycles.